The van der Waals surface area contributed by atoms with Crippen LogP contribution in [0.2, 0.25) is 0 Å². The van der Waals surface area contributed by atoms with Crippen molar-refractivity contribution in [2.75, 3.05) is 0 Å². The van der Waals surface area contributed by atoms with Gasteiger partial charge in [0.1, 0.15) is 11.6 Å². The van der Waals surface area contributed by atoms with Crippen LogP contribution in [0.5, 0.6) is 0 Å². The summed E-state index contributed by atoms with van der Waals surface area (Å²) < 4.78 is 2.40. The molecule has 1 aromatic heterocycles. The fourth-order valence-electron chi connectivity index (χ4n) is 2.82. The molecular weight excluding hydrogens is 266 g/mol. The third kappa shape index (κ3) is 2.04. The summed E-state index contributed by atoms with van der Waals surface area (Å²) >= 11 is 3.51. The normalized spacial score (nSPS) is 21.8. The lowest BCUT2D eigenvalue weighted by Crippen LogP contribution is -2.09. The predicted molar refractivity (Wildman–Crippen MR) is 66.6 cm³/mol. The second-order valence-corrected chi connectivity index (χ2v) is 5.68. The molecule has 2 aliphatic rings. The van der Waals surface area contributed by atoms with E-state index in [2.05, 4.69) is 30.7 Å². The minimum atomic E-state index is 0.707. The number of alkyl halides is 1. The van der Waals surface area contributed by atoms with Gasteiger partial charge in [0, 0.05) is 12.5 Å². The average Bonchev–Trinajstić information content (AvgIpc) is 2.86. The first kappa shape index (κ1) is 10.8. The number of hydrogen-bond donors (Lipinski definition) is 0. The maximum atomic E-state index is 4.39. The van der Waals surface area contributed by atoms with Gasteiger partial charge >= 0.3 is 0 Å². The maximum Gasteiger partial charge on any atom is 0.143 e. The van der Waals surface area contributed by atoms with Gasteiger partial charge in [-0.25, -0.2) is 0 Å². The summed E-state index contributed by atoms with van der Waals surface area (Å²) in [6.07, 6.45) is 9.38. The Morgan fingerprint density at radius 3 is 2.38 bits per heavy atom. The Morgan fingerprint density at radius 2 is 1.75 bits per heavy atom. The maximum absolute atomic E-state index is 4.39. The molecule has 1 aromatic rings. The smallest absolute Gasteiger partial charge is 0.143 e. The van der Waals surface area contributed by atoms with Gasteiger partial charge in [-0.15, -0.1) is 10.2 Å². The van der Waals surface area contributed by atoms with Gasteiger partial charge in [0.15, 0.2) is 0 Å². The van der Waals surface area contributed by atoms with Crippen LogP contribution >= 0.6 is 15.9 Å². The van der Waals surface area contributed by atoms with Crippen molar-refractivity contribution in [1.82, 2.24) is 14.8 Å². The highest BCUT2D eigenvalue weighted by molar-refractivity contribution is 9.08. The number of halogens is 1. The average molecular weight is 284 g/mol. The van der Waals surface area contributed by atoms with Crippen LogP contribution in [0.15, 0.2) is 0 Å². The molecule has 0 unspecified atom stereocenters. The zero-order valence-electron chi connectivity index (χ0n) is 9.53. The number of nitrogens with zero attached hydrogens (tertiary/aromatic N) is 3. The molecule has 0 bridgehead atoms. The monoisotopic (exact) mass is 283 g/mol. The van der Waals surface area contributed by atoms with E-state index in [1.54, 1.807) is 0 Å². The zero-order chi connectivity index (χ0) is 11.0. The summed E-state index contributed by atoms with van der Waals surface area (Å²) in [6, 6.07) is 0.707. The standard InChI is InChI=1S/C12H18BrN3/c13-8-12-15-14-11(16(12)10-5-6-10)7-9-3-1-2-4-9/h9-10H,1-8H2. The second-order valence-electron chi connectivity index (χ2n) is 5.12. The van der Waals surface area contributed by atoms with E-state index < -0.39 is 0 Å². The fourth-order valence-corrected chi connectivity index (χ4v) is 3.20. The van der Waals surface area contributed by atoms with Gasteiger partial charge in [-0.1, -0.05) is 41.6 Å². The Kier molecular flexibility index (Phi) is 3.01. The molecule has 0 spiro atoms. The van der Waals surface area contributed by atoms with Gasteiger partial charge in [-0.2, -0.15) is 0 Å². The first-order valence-corrected chi connectivity index (χ1v) is 7.49. The predicted octanol–water partition coefficient (Wildman–Crippen LogP) is 3.24. The minimum absolute atomic E-state index is 0.707. The third-order valence-electron chi connectivity index (χ3n) is 3.81. The zero-order valence-corrected chi connectivity index (χ0v) is 11.1. The summed E-state index contributed by atoms with van der Waals surface area (Å²) in [5, 5.41) is 9.53. The molecule has 0 N–H and O–H groups in total. The highest BCUT2D eigenvalue weighted by Gasteiger charge is 2.30. The molecule has 0 saturated heterocycles. The number of rotatable bonds is 4. The van der Waals surface area contributed by atoms with Crippen molar-refractivity contribution in [2.24, 2.45) is 5.92 Å². The van der Waals surface area contributed by atoms with Crippen LogP contribution in [0.25, 0.3) is 0 Å². The Labute approximate surface area is 105 Å². The molecule has 4 heteroatoms. The van der Waals surface area contributed by atoms with E-state index in [0.29, 0.717) is 6.04 Å². The summed E-state index contributed by atoms with van der Waals surface area (Å²) in [4.78, 5) is 0. The molecule has 2 fully saturated rings. The molecule has 3 nitrogen and oxygen atoms in total. The summed E-state index contributed by atoms with van der Waals surface area (Å²) in [5.74, 6) is 3.23. The lowest BCUT2D eigenvalue weighted by molar-refractivity contribution is 0.508. The van der Waals surface area contributed by atoms with Crippen molar-refractivity contribution in [3.05, 3.63) is 11.6 Å². The van der Waals surface area contributed by atoms with Crippen molar-refractivity contribution < 1.29 is 0 Å². The second kappa shape index (κ2) is 4.47. The van der Waals surface area contributed by atoms with Crippen LogP contribution in [0, 0.1) is 5.92 Å². The Morgan fingerprint density at radius 1 is 1.06 bits per heavy atom. The van der Waals surface area contributed by atoms with Crippen LogP contribution < -0.4 is 0 Å². The molecule has 0 amide bonds. The highest BCUT2D eigenvalue weighted by atomic mass is 79.9. The summed E-state index contributed by atoms with van der Waals surface area (Å²) in [5.41, 5.74) is 0. The van der Waals surface area contributed by atoms with E-state index in [1.807, 2.05) is 0 Å². The van der Waals surface area contributed by atoms with E-state index >= 15 is 0 Å². The third-order valence-corrected chi connectivity index (χ3v) is 4.32. The molecule has 2 aliphatic carbocycles. The first-order chi connectivity index (χ1) is 7.88. The largest absolute Gasteiger partial charge is 0.311 e. The van der Waals surface area contributed by atoms with E-state index in [1.165, 1.54) is 44.3 Å². The topological polar surface area (TPSA) is 30.7 Å². The molecule has 3 rings (SSSR count). The lowest BCUT2D eigenvalue weighted by atomic mass is 10.0. The number of hydrogen-bond acceptors (Lipinski definition) is 2. The minimum Gasteiger partial charge on any atom is -0.311 e. The Balaban J connectivity index is 1.79. The molecule has 0 aliphatic heterocycles. The van der Waals surface area contributed by atoms with Crippen LogP contribution in [0.4, 0.5) is 0 Å². The van der Waals surface area contributed by atoms with Crippen LogP contribution in [-0.4, -0.2) is 14.8 Å². The van der Waals surface area contributed by atoms with Crippen LogP contribution in [0.3, 0.4) is 0 Å². The van der Waals surface area contributed by atoms with Crippen LogP contribution in [0.1, 0.15) is 56.2 Å². The molecule has 88 valence electrons. The van der Waals surface area contributed by atoms with Gasteiger partial charge in [-0.05, 0) is 18.8 Å². The molecule has 2 saturated carbocycles. The Hall–Kier alpha value is -0.380. The van der Waals surface area contributed by atoms with Crippen molar-refractivity contribution in [1.29, 1.82) is 0 Å². The van der Waals surface area contributed by atoms with E-state index in [-0.39, 0.29) is 0 Å². The number of aromatic nitrogens is 3. The molecule has 1 heterocycles. The summed E-state index contributed by atoms with van der Waals surface area (Å²) in [7, 11) is 0. The van der Waals surface area contributed by atoms with E-state index in [4.69, 9.17) is 0 Å². The van der Waals surface area contributed by atoms with Gasteiger partial charge in [0.2, 0.25) is 0 Å². The molecular formula is C12H18BrN3. The van der Waals surface area contributed by atoms with Gasteiger partial charge in [0.25, 0.3) is 0 Å². The summed E-state index contributed by atoms with van der Waals surface area (Å²) in [6.45, 7) is 0. The highest BCUT2D eigenvalue weighted by Crippen LogP contribution is 2.38. The Bertz CT molecular complexity index is 364. The van der Waals surface area contributed by atoms with Crippen molar-refractivity contribution in [3.63, 3.8) is 0 Å². The van der Waals surface area contributed by atoms with Crippen molar-refractivity contribution in [2.45, 2.75) is 56.3 Å². The fraction of sp³-hybridized carbons (Fsp3) is 0.833. The first-order valence-electron chi connectivity index (χ1n) is 6.37. The van der Waals surface area contributed by atoms with Gasteiger partial charge < -0.3 is 4.57 Å². The van der Waals surface area contributed by atoms with Crippen molar-refractivity contribution >= 4 is 15.9 Å². The van der Waals surface area contributed by atoms with E-state index in [9.17, 15) is 0 Å². The molecule has 16 heavy (non-hydrogen) atoms. The lowest BCUT2D eigenvalue weighted by Gasteiger charge is -2.11. The van der Waals surface area contributed by atoms with Crippen molar-refractivity contribution in [3.8, 4) is 0 Å². The quantitative estimate of drug-likeness (QED) is 0.795. The molecule has 0 aromatic carbocycles. The van der Waals surface area contributed by atoms with Crippen LogP contribution in [-0.2, 0) is 11.8 Å². The van der Waals surface area contributed by atoms with Gasteiger partial charge in [-0.3, -0.25) is 0 Å². The molecule has 0 atom stereocenters. The van der Waals surface area contributed by atoms with Gasteiger partial charge in [0.05, 0.1) is 5.33 Å². The SMILES string of the molecule is BrCc1nnc(CC2CCCC2)n1C1CC1. The van der Waals surface area contributed by atoms with E-state index in [0.717, 1.165) is 23.5 Å². The molecule has 0 radical (unpaired) electrons.